The summed E-state index contributed by atoms with van der Waals surface area (Å²) in [7, 11) is 1.61. The average molecular weight is 402 g/mol. The van der Waals surface area contributed by atoms with E-state index < -0.39 is 0 Å². The number of hydrogen-bond donors (Lipinski definition) is 1. The molecule has 0 aromatic heterocycles. The van der Waals surface area contributed by atoms with Crippen LogP contribution < -0.4 is 19.7 Å². The lowest BCUT2D eigenvalue weighted by molar-refractivity contribution is -0.121. The van der Waals surface area contributed by atoms with Crippen LogP contribution in [0.25, 0.3) is 0 Å². The lowest BCUT2D eigenvalue weighted by Gasteiger charge is -2.29. The van der Waals surface area contributed by atoms with Crippen LogP contribution in [-0.4, -0.2) is 25.5 Å². The van der Waals surface area contributed by atoms with E-state index in [1.54, 1.807) is 30.2 Å². The molecule has 0 atom stereocenters. The van der Waals surface area contributed by atoms with Gasteiger partial charge in [0.25, 0.3) is 11.8 Å². The molecule has 0 saturated heterocycles. The Bertz CT molecular complexity index is 1070. The molecule has 0 spiro atoms. The van der Waals surface area contributed by atoms with Gasteiger partial charge in [-0.05, 0) is 41.5 Å². The van der Waals surface area contributed by atoms with E-state index in [-0.39, 0.29) is 18.4 Å². The van der Waals surface area contributed by atoms with Gasteiger partial charge < -0.3 is 19.7 Å². The molecule has 0 fully saturated rings. The number of fused-ring (bicyclic) bond motifs is 1. The van der Waals surface area contributed by atoms with Crippen molar-refractivity contribution in [3.05, 3.63) is 89.5 Å². The summed E-state index contributed by atoms with van der Waals surface area (Å²) < 4.78 is 10.8. The van der Waals surface area contributed by atoms with Gasteiger partial charge in [0.05, 0.1) is 19.3 Å². The molecule has 6 heteroatoms. The summed E-state index contributed by atoms with van der Waals surface area (Å²) in [6.07, 6.45) is 0. The number of hydrogen-bond acceptors (Lipinski definition) is 4. The molecule has 1 aliphatic rings. The topological polar surface area (TPSA) is 67.9 Å². The predicted octanol–water partition coefficient (Wildman–Crippen LogP) is 3.55. The van der Waals surface area contributed by atoms with Gasteiger partial charge in [0.2, 0.25) is 0 Å². The van der Waals surface area contributed by atoms with Gasteiger partial charge >= 0.3 is 0 Å². The smallest absolute Gasteiger partial charge is 0.265 e. The van der Waals surface area contributed by atoms with Crippen molar-refractivity contribution in [2.75, 3.05) is 18.6 Å². The molecule has 0 aliphatic carbocycles. The Kier molecular flexibility index (Phi) is 5.66. The summed E-state index contributed by atoms with van der Waals surface area (Å²) in [5.74, 6) is 0.969. The molecule has 0 unspecified atom stereocenters. The van der Waals surface area contributed by atoms with E-state index in [1.165, 1.54) is 0 Å². The number of carbonyl (C=O) groups excluding carboxylic acids is 2. The van der Waals surface area contributed by atoms with Crippen molar-refractivity contribution in [2.24, 2.45) is 0 Å². The van der Waals surface area contributed by atoms with Gasteiger partial charge in [-0.15, -0.1) is 0 Å². The zero-order valence-corrected chi connectivity index (χ0v) is 16.6. The number of ether oxygens (including phenoxy) is 2. The molecule has 152 valence electrons. The van der Waals surface area contributed by atoms with Crippen molar-refractivity contribution in [2.45, 2.75) is 13.1 Å². The number of nitrogens with zero attached hydrogens (tertiary/aromatic N) is 1. The normalized spacial score (nSPS) is 12.7. The Labute approximate surface area is 175 Å². The molecule has 3 aromatic rings. The van der Waals surface area contributed by atoms with Crippen molar-refractivity contribution >= 4 is 17.5 Å². The minimum absolute atomic E-state index is 0.0127. The maximum absolute atomic E-state index is 12.7. The minimum Gasteiger partial charge on any atom is -0.497 e. The standard InChI is InChI=1S/C24H22N2O4/c1-29-20-9-5-8-18(12-20)14-25-24(28)19-10-11-22-21(13-19)26(23(27)16-30-22)15-17-6-3-2-4-7-17/h2-13H,14-16H2,1H3,(H,25,28). The van der Waals surface area contributed by atoms with Crippen LogP contribution >= 0.6 is 0 Å². The van der Waals surface area contributed by atoms with Gasteiger partial charge in [-0.2, -0.15) is 0 Å². The lowest BCUT2D eigenvalue weighted by Crippen LogP contribution is -2.38. The van der Waals surface area contributed by atoms with E-state index in [2.05, 4.69) is 5.32 Å². The number of rotatable bonds is 6. The molecule has 6 nitrogen and oxygen atoms in total. The Balaban J connectivity index is 1.52. The quantitative estimate of drug-likeness (QED) is 0.685. The molecule has 0 saturated carbocycles. The first kappa shape index (κ1) is 19.5. The fraction of sp³-hybridized carbons (Fsp3) is 0.167. The third kappa shape index (κ3) is 4.27. The highest BCUT2D eigenvalue weighted by Crippen LogP contribution is 2.34. The SMILES string of the molecule is COc1cccc(CNC(=O)c2ccc3c(c2)N(Cc2ccccc2)C(=O)CO3)c1. The molecular formula is C24H22N2O4. The molecule has 3 aromatic carbocycles. The molecule has 30 heavy (non-hydrogen) atoms. The monoisotopic (exact) mass is 402 g/mol. The molecule has 1 N–H and O–H groups in total. The number of methoxy groups -OCH3 is 1. The van der Waals surface area contributed by atoms with Crippen LogP contribution in [0.2, 0.25) is 0 Å². The summed E-state index contributed by atoms with van der Waals surface area (Å²) in [6.45, 7) is 0.780. The van der Waals surface area contributed by atoms with Gasteiger partial charge in [-0.3, -0.25) is 9.59 Å². The van der Waals surface area contributed by atoms with Crippen molar-refractivity contribution < 1.29 is 19.1 Å². The second-order valence-corrected chi connectivity index (χ2v) is 6.97. The zero-order chi connectivity index (χ0) is 20.9. The van der Waals surface area contributed by atoms with Crippen LogP contribution in [-0.2, 0) is 17.9 Å². The Morgan fingerprint density at radius 3 is 2.63 bits per heavy atom. The van der Waals surface area contributed by atoms with Gasteiger partial charge in [-0.1, -0.05) is 42.5 Å². The zero-order valence-electron chi connectivity index (χ0n) is 16.6. The first-order valence-corrected chi connectivity index (χ1v) is 9.66. The van der Waals surface area contributed by atoms with Gasteiger partial charge in [0.15, 0.2) is 6.61 Å². The third-order valence-electron chi connectivity index (χ3n) is 4.93. The van der Waals surface area contributed by atoms with Gasteiger partial charge in [0.1, 0.15) is 11.5 Å². The minimum atomic E-state index is -0.224. The fourth-order valence-electron chi connectivity index (χ4n) is 3.35. The molecule has 2 amide bonds. The van der Waals surface area contributed by atoms with Crippen LogP contribution in [0, 0.1) is 0 Å². The highest BCUT2D eigenvalue weighted by atomic mass is 16.5. The van der Waals surface area contributed by atoms with Crippen LogP contribution in [0.4, 0.5) is 5.69 Å². The first-order valence-electron chi connectivity index (χ1n) is 9.66. The van der Waals surface area contributed by atoms with Crippen molar-refractivity contribution in [1.82, 2.24) is 5.32 Å². The van der Waals surface area contributed by atoms with Crippen LogP contribution in [0.15, 0.2) is 72.8 Å². The highest BCUT2D eigenvalue weighted by molar-refractivity contribution is 6.01. The molecule has 0 bridgehead atoms. The van der Waals surface area contributed by atoms with Gasteiger partial charge in [0, 0.05) is 12.1 Å². The second kappa shape index (κ2) is 8.69. The first-order chi connectivity index (χ1) is 14.6. The summed E-state index contributed by atoms with van der Waals surface area (Å²) in [5, 5.41) is 2.91. The fourth-order valence-corrected chi connectivity index (χ4v) is 3.35. The van der Waals surface area contributed by atoms with E-state index in [1.807, 2.05) is 54.6 Å². The van der Waals surface area contributed by atoms with E-state index in [4.69, 9.17) is 9.47 Å². The molecule has 0 radical (unpaired) electrons. The second-order valence-electron chi connectivity index (χ2n) is 6.97. The number of amides is 2. The Hall–Kier alpha value is -3.80. The Morgan fingerprint density at radius 2 is 1.83 bits per heavy atom. The molecule has 4 rings (SSSR count). The van der Waals surface area contributed by atoms with Crippen LogP contribution in [0.3, 0.4) is 0 Å². The largest absolute Gasteiger partial charge is 0.497 e. The lowest BCUT2D eigenvalue weighted by atomic mass is 10.1. The molecule has 1 heterocycles. The van der Waals surface area contributed by atoms with Crippen LogP contribution in [0.5, 0.6) is 11.5 Å². The number of benzene rings is 3. The number of anilines is 1. The summed E-state index contributed by atoms with van der Waals surface area (Å²) in [6, 6.07) is 22.4. The van der Waals surface area contributed by atoms with E-state index >= 15 is 0 Å². The summed E-state index contributed by atoms with van der Waals surface area (Å²) in [4.78, 5) is 26.9. The van der Waals surface area contributed by atoms with Crippen molar-refractivity contribution in [1.29, 1.82) is 0 Å². The average Bonchev–Trinajstić information content (AvgIpc) is 2.80. The third-order valence-corrected chi connectivity index (χ3v) is 4.93. The predicted molar refractivity (Wildman–Crippen MR) is 114 cm³/mol. The van der Waals surface area contributed by atoms with Crippen molar-refractivity contribution in [3.8, 4) is 11.5 Å². The number of nitrogens with one attached hydrogen (secondary N) is 1. The van der Waals surface area contributed by atoms with E-state index in [0.29, 0.717) is 30.1 Å². The maximum atomic E-state index is 12.7. The maximum Gasteiger partial charge on any atom is 0.265 e. The highest BCUT2D eigenvalue weighted by Gasteiger charge is 2.26. The van der Waals surface area contributed by atoms with E-state index in [0.717, 1.165) is 16.9 Å². The van der Waals surface area contributed by atoms with Crippen molar-refractivity contribution in [3.63, 3.8) is 0 Å². The van der Waals surface area contributed by atoms with Crippen LogP contribution in [0.1, 0.15) is 21.5 Å². The summed E-state index contributed by atoms with van der Waals surface area (Å²) in [5.41, 5.74) is 3.01. The van der Waals surface area contributed by atoms with E-state index in [9.17, 15) is 9.59 Å². The summed E-state index contributed by atoms with van der Waals surface area (Å²) >= 11 is 0. The number of carbonyl (C=O) groups is 2. The molecular weight excluding hydrogens is 380 g/mol. The van der Waals surface area contributed by atoms with Gasteiger partial charge in [-0.25, -0.2) is 0 Å². The molecule has 1 aliphatic heterocycles. The Morgan fingerprint density at radius 1 is 1.03 bits per heavy atom.